The minimum atomic E-state index is -0.694. The number of carbonyl (C=O) groups is 1. The number of nitrogens with zero attached hydrogens (tertiary/aromatic N) is 4. The maximum Gasteiger partial charge on any atom is 0.351 e. The van der Waals surface area contributed by atoms with Crippen molar-refractivity contribution in [3.63, 3.8) is 0 Å². The van der Waals surface area contributed by atoms with Crippen LogP contribution >= 0.6 is 0 Å². The smallest absolute Gasteiger partial charge is 0.307 e. The van der Waals surface area contributed by atoms with Crippen molar-refractivity contribution in [3.05, 3.63) is 86.7 Å². The van der Waals surface area contributed by atoms with Crippen molar-refractivity contribution in [1.29, 1.82) is 0 Å². The SMILES string of the molecule is Cn1c(=O)c(C(=O)N2CCCc3ccccc32)nn(-c2ccccc2)c1=O. The zero-order chi connectivity index (χ0) is 19.0. The number of para-hydroxylation sites is 2. The van der Waals surface area contributed by atoms with Gasteiger partial charge in [-0.3, -0.25) is 14.2 Å². The highest BCUT2D eigenvalue weighted by molar-refractivity contribution is 6.05. The molecular weight excluding hydrogens is 344 g/mol. The Morgan fingerprint density at radius 2 is 1.70 bits per heavy atom. The first-order chi connectivity index (χ1) is 13.1. The molecule has 1 amide bonds. The molecule has 2 aromatic carbocycles. The van der Waals surface area contributed by atoms with E-state index in [9.17, 15) is 14.4 Å². The summed E-state index contributed by atoms with van der Waals surface area (Å²) < 4.78 is 2.01. The van der Waals surface area contributed by atoms with E-state index in [1.54, 1.807) is 29.2 Å². The number of hydrogen-bond acceptors (Lipinski definition) is 4. The molecule has 0 radical (unpaired) electrons. The minimum Gasteiger partial charge on any atom is -0.307 e. The van der Waals surface area contributed by atoms with Gasteiger partial charge in [-0.05, 0) is 36.6 Å². The lowest BCUT2D eigenvalue weighted by molar-refractivity contribution is 0.0975. The Hall–Kier alpha value is -3.48. The standard InChI is InChI=1S/C20H18N4O3/c1-22-18(25)17(21-24(20(22)27)15-10-3-2-4-11-15)19(26)23-13-7-9-14-8-5-6-12-16(14)23/h2-6,8,10-12H,7,9,13H2,1H3. The number of hydrogen-bond donors (Lipinski definition) is 0. The highest BCUT2D eigenvalue weighted by atomic mass is 16.2. The fourth-order valence-electron chi connectivity index (χ4n) is 3.32. The van der Waals surface area contributed by atoms with E-state index in [4.69, 9.17) is 0 Å². The predicted molar refractivity (Wildman–Crippen MR) is 102 cm³/mol. The highest BCUT2D eigenvalue weighted by Crippen LogP contribution is 2.27. The van der Waals surface area contributed by atoms with Crippen LogP contribution in [0.3, 0.4) is 0 Å². The van der Waals surface area contributed by atoms with E-state index in [2.05, 4.69) is 5.10 Å². The summed E-state index contributed by atoms with van der Waals surface area (Å²) in [5.74, 6) is -0.493. The van der Waals surface area contributed by atoms with Gasteiger partial charge in [-0.25, -0.2) is 4.79 Å². The number of aryl methyl sites for hydroxylation is 1. The third kappa shape index (κ3) is 2.87. The Morgan fingerprint density at radius 1 is 1.00 bits per heavy atom. The number of benzene rings is 2. The number of aromatic nitrogens is 3. The second kappa shape index (κ2) is 6.68. The molecular formula is C20H18N4O3. The average Bonchev–Trinajstić information content (AvgIpc) is 2.72. The quantitative estimate of drug-likeness (QED) is 0.693. The molecule has 136 valence electrons. The van der Waals surface area contributed by atoms with Crippen molar-refractivity contribution < 1.29 is 4.79 Å². The zero-order valence-corrected chi connectivity index (χ0v) is 14.8. The molecule has 1 aliphatic rings. The van der Waals surface area contributed by atoms with Crippen LogP contribution < -0.4 is 16.1 Å². The Balaban J connectivity index is 1.86. The van der Waals surface area contributed by atoms with Crippen LogP contribution in [0.5, 0.6) is 0 Å². The van der Waals surface area contributed by atoms with E-state index in [0.29, 0.717) is 12.2 Å². The van der Waals surface area contributed by atoms with Crippen LogP contribution in [0.1, 0.15) is 22.5 Å². The molecule has 27 heavy (non-hydrogen) atoms. The van der Waals surface area contributed by atoms with Gasteiger partial charge < -0.3 is 4.90 Å². The van der Waals surface area contributed by atoms with Crippen LogP contribution in [0.2, 0.25) is 0 Å². The van der Waals surface area contributed by atoms with Gasteiger partial charge in [0.05, 0.1) is 5.69 Å². The molecule has 3 aromatic rings. The molecule has 7 nitrogen and oxygen atoms in total. The molecule has 1 aliphatic heterocycles. The minimum absolute atomic E-state index is 0.266. The highest BCUT2D eigenvalue weighted by Gasteiger charge is 2.28. The lowest BCUT2D eigenvalue weighted by atomic mass is 10.0. The third-order valence-corrected chi connectivity index (χ3v) is 4.73. The fourth-order valence-corrected chi connectivity index (χ4v) is 3.32. The fraction of sp³-hybridized carbons (Fsp3) is 0.200. The monoisotopic (exact) mass is 362 g/mol. The van der Waals surface area contributed by atoms with E-state index >= 15 is 0 Å². The van der Waals surface area contributed by atoms with Gasteiger partial charge in [0.25, 0.3) is 11.5 Å². The number of fused-ring (bicyclic) bond motifs is 1. The van der Waals surface area contributed by atoms with Crippen LogP contribution in [-0.2, 0) is 13.5 Å². The van der Waals surface area contributed by atoms with Crippen molar-refractivity contribution in [2.75, 3.05) is 11.4 Å². The summed E-state index contributed by atoms with van der Waals surface area (Å²) >= 11 is 0. The summed E-state index contributed by atoms with van der Waals surface area (Å²) in [6.07, 6.45) is 1.69. The van der Waals surface area contributed by atoms with Gasteiger partial charge in [-0.1, -0.05) is 36.4 Å². The van der Waals surface area contributed by atoms with Crippen molar-refractivity contribution in [2.24, 2.45) is 7.05 Å². The van der Waals surface area contributed by atoms with E-state index in [-0.39, 0.29) is 5.69 Å². The lowest BCUT2D eigenvalue weighted by Crippen LogP contribution is -2.46. The summed E-state index contributed by atoms with van der Waals surface area (Å²) in [6.45, 7) is 0.505. The van der Waals surface area contributed by atoms with Crippen molar-refractivity contribution in [3.8, 4) is 5.69 Å². The van der Waals surface area contributed by atoms with Crippen LogP contribution in [-0.4, -0.2) is 26.8 Å². The zero-order valence-electron chi connectivity index (χ0n) is 14.8. The van der Waals surface area contributed by atoms with Gasteiger partial charge >= 0.3 is 5.69 Å². The van der Waals surface area contributed by atoms with Gasteiger partial charge in [0.15, 0.2) is 0 Å². The molecule has 0 fully saturated rings. The van der Waals surface area contributed by atoms with Gasteiger partial charge in [0, 0.05) is 19.3 Å². The second-order valence-corrected chi connectivity index (χ2v) is 6.43. The van der Waals surface area contributed by atoms with E-state index in [1.807, 2.05) is 30.3 Å². The summed E-state index contributed by atoms with van der Waals surface area (Å²) in [7, 11) is 1.35. The van der Waals surface area contributed by atoms with Gasteiger partial charge in [-0.2, -0.15) is 9.78 Å². The Bertz CT molecular complexity index is 1130. The summed E-state index contributed by atoms with van der Waals surface area (Å²) in [5.41, 5.74) is 0.784. The topological polar surface area (TPSA) is 77.2 Å². The molecule has 0 aliphatic carbocycles. The first-order valence-electron chi connectivity index (χ1n) is 8.73. The van der Waals surface area contributed by atoms with E-state index in [1.165, 1.54) is 7.05 Å². The molecule has 4 rings (SSSR count). The van der Waals surface area contributed by atoms with Gasteiger partial charge in [0.1, 0.15) is 0 Å². The Kier molecular flexibility index (Phi) is 4.19. The first kappa shape index (κ1) is 17.0. The second-order valence-electron chi connectivity index (χ2n) is 6.43. The molecule has 0 atom stereocenters. The van der Waals surface area contributed by atoms with Crippen LogP contribution in [0, 0.1) is 0 Å². The maximum absolute atomic E-state index is 13.2. The maximum atomic E-state index is 13.2. The molecule has 0 saturated carbocycles. The van der Waals surface area contributed by atoms with Crippen molar-refractivity contribution >= 4 is 11.6 Å². The molecule has 0 saturated heterocycles. The molecule has 0 N–H and O–H groups in total. The number of amides is 1. The molecule has 0 spiro atoms. The largest absolute Gasteiger partial charge is 0.351 e. The van der Waals surface area contributed by atoms with E-state index in [0.717, 1.165) is 33.3 Å². The van der Waals surface area contributed by atoms with Crippen LogP contribution in [0.4, 0.5) is 5.69 Å². The number of carbonyl (C=O) groups excluding carboxylic acids is 1. The van der Waals surface area contributed by atoms with Gasteiger partial charge in [-0.15, -0.1) is 0 Å². The van der Waals surface area contributed by atoms with Crippen LogP contribution in [0.25, 0.3) is 5.69 Å². The molecule has 0 unspecified atom stereocenters. The third-order valence-electron chi connectivity index (χ3n) is 4.73. The first-order valence-corrected chi connectivity index (χ1v) is 8.73. The summed E-state index contributed by atoms with van der Waals surface area (Å²) in [5, 5.41) is 4.13. The Morgan fingerprint density at radius 3 is 2.48 bits per heavy atom. The summed E-state index contributed by atoms with van der Waals surface area (Å²) in [4.78, 5) is 39.8. The number of anilines is 1. The normalized spacial score (nSPS) is 13.3. The molecule has 0 bridgehead atoms. The average molecular weight is 362 g/mol. The Labute approximate surface area is 155 Å². The van der Waals surface area contributed by atoms with Gasteiger partial charge in [0.2, 0.25) is 5.69 Å². The predicted octanol–water partition coefficient (Wildman–Crippen LogP) is 1.52. The van der Waals surface area contributed by atoms with E-state index < -0.39 is 17.2 Å². The molecule has 2 heterocycles. The lowest BCUT2D eigenvalue weighted by Gasteiger charge is -2.29. The molecule has 7 heteroatoms. The number of rotatable bonds is 2. The summed E-state index contributed by atoms with van der Waals surface area (Å²) in [6, 6.07) is 16.4. The van der Waals surface area contributed by atoms with Crippen molar-refractivity contribution in [2.45, 2.75) is 12.8 Å². The van der Waals surface area contributed by atoms with Crippen molar-refractivity contribution in [1.82, 2.24) is 14.3 Å². The molecule has 1 aromatic heterocycles. The van der Waals surface area contributed by atoms with Crippen LogP contribution in [0.15, 0.2) is 64.2 Å².